The first-order valence-electron chi connectivity index (χ1n) is 14.0. The van der Waals surface area contributed by atoms with Crippen LogP contribution in [0.1, 0.15) is 55.8 Å². The molecule has 1 aliphatic rings. The number of likely N-dealkylation sites (tertiary alicyclic amines) is 1. The summed E-state index contributed by atoms with van der Waals surface area (Å²) < 4.78 is 45.2. The fraction of sp³-hybridized carbons (Fsp3) is 0.484. The van der Waals surface area contributed by atoms with Crippen LogP contribution in [-0.2, 0) is 11.0 Å². The molecular formula is C31H37F3N2O4S. The summed E-state index contributed by atoms with van der Waals surface area (Å²) in [7, 11) is 1.60. The Hall–Kier alpha value is -2.82. The van der Waals surface area contributed by atoms with E-state index in [4.69, 9.17) is 4.74 Å². The Labute approximate surface area is 242 Å². The molecule has 1 unspecified atom stereocenters. The molecule has 0 saturated carbocycles. The summed E-state index contributed by atoms with van der Waals surface area (Å²) in [6.07, 6.45) is 0.275. The topological polar surface area (TPSA) is 82.9 Å². The van der Waals surface area contributed by atoms with Gasteiger partial charge in [0.15, 0.2) is 0 Å². The second kappa shape index (κ2) is 14.4. The van der Waals surface area contributed by atoms with Crippen molar-refractivity contribution >= 4 is 28.6 Å². The molecule has 2 N–H and O–H groups in total. The zero-order valence-corrected chi connectivity index (χ0v) is 24.0. The van der Waals surface area contributed by atoms with Crippen molar-refractivity contribution in [1.29, 1.82) is 0 Å². The number of rotatable bonds is 13. The lowest BCUT2D eigenvalue weighted by Crippen LogP contribution is -2.41. The molecule has 0 radical (unpaired) electrons. The van der Waals surface area contributed by atoms with Gasteiger partial charge in [-0.05, 0) is 105 Å². The van der Waals surface area contributed by atoms with E-state index in [1.54, 1.807) is 19.4 Å². The van der Waals surface area contributed by atoms with Crippen molar-refractivity contribution in [3.8, 4) is 5.75 Å². The average molecular weight is 591 g/mol. The van der Waals surface area contributed by atoms with Crippen LogP contribution in [0.2, 0.25) is 0 Å². The molecule has 1 saturated heterocycles. The fourth-order valence-electron chi connectivity index (χ4n) is 5.76. The molecule has 0 bridgehead atoms. The Morgan fingerprint density at radius 1 is 1.17 bits per heavy atom. The molecule has 2 heterocycles. The third kappa shape index (κ3) is 8.59. The lowest BCUT2D eigenvalue weighted by molar-refractivity contribution is -0.140. The van der Waals surface area contributed by atoms with Crippen LogP contribution in [0.15, 0.2) is 59.6 Å². The molecule has 2 aromatic carbocycles. The number of carboxylic acids is 1. The quantitative estimate of drug-likeness (QED) is 0.163. The minimum absolute atomic E-state index is 0.0937. The number of aliphatic carboxylic acids is 1. The number of piperidine rings is 1. The van der Waals surface area contributed by atoms with Gasteiger partial charge in [0.05, 0.1) is 24.3 Å². The largest absolute Gasteiger partial charge is 0.497 e. The van der Waals surface area contributed by atoms with Crippen LogP contribution < -0.4 is 4.74 Å². The number of aliphatic hydroxyl groups excluding tert-OH is 1. The van der Waals surface area contributed by atoms with Gasteiger partial charge in [-0.3, -0.25) is 9.78 Å². The van der Waals surface area contributed by atoms with Crippen LogP contribution >= 0.6 is 11.8 Å². The van der Waals surface area contributed by atoms with Gasteiger partial charge >= 0.3 is 12.1 Å². The van der Waals surface area contributed by atoms with Crippen LogP contribution in [0.25, 0.3) is 10.9 Å². The number of hydrogen-bond donors (Lipinski definition) is 2. The van der Waals surface area contributed by atoms with E-state index in [1.807, 2.05) is 24.3 Å². The highest BCUT2D eigenvalue weighted by Gasteiger charge is 2.33. The molecule has 6 nitrogen and oxygen atoms in total. The number of aliphatic hydroxyl groups is 1. The molecule has 1 fully saturated rings. The SMILES string of the molecule is COc1ccc2nccc(C(O)CC[C@@H]3CCN(CCCSc4ccccc4C(F)(F)F)C[C@@H]3CCC(=O)O)c2c1. The van der Waals surface area contributed by atoms with E-state index < -0.39 is 23.8 Å². The molecule has 0 amide bonds. The summed E-state index contributed by atoms with van der Waals surface area (Å²) in [6, 6.07) is 13.1. The van der Waals surface area contributed by atoms with E-state index in [2.05, 4.69) is 9.88 Å². The molecule has 3 aromatic rings. The van der Waals surface area contributed by atoms with E-state index in [1.165, 1.54) is 23.9 Å². The Balaban J connectivity index is 1.32. The number of carbonyl (C=O) groups is 1. The first kappa shape index (κ1) is 31.1. The molecule has 0 aliphatic carbocycles. The molecule has 4 rings (SSSR count). The lowest BCUT2D eigenvalue weighted by Gasteiger charge is -2.39. The van der Waals surface area contributed by atoms with Gasteiger partial charge < -0.3 is 19.8 Å². The number of pyridine rings is 1. The van der Waals surface area contributed by atoms with Crippen molar-refractivity contribution in [2.24, 2.45) is 11.8 Å². The minimum Gasteiger partial charge on any atom is -0.497 e. The third-order valence-corrected chi connectivity index (χ3v) is 9.09. The number of methoxy groups -OCH3 is 1. The van der Waals surface area contributed by atoms with Crippen LogP contribution in [0.4, 0.5) is 13.2 Å². The zero-order chi connectivity index (χ0) is 29.4. The van der Waals surface area contributed by atoms with Gasteiger partial charge in [0.1, 0.15) is 5.75 Å². The molecular weight excluding hydrogens is 553 g/mol. The fourth-order valence-corrected chi connectivity index (χ4v) is 6.77. The monoisotopic (exact) mass is 590 g/mol. The highest BCUT2D eigenvalue weighted by molar-refractivity contribution is 7.99. The van der Waals surface area contributed by atoms with Crippen molar-refractivity contribution in [2.45, 2.75) is 55.7 Å². The highest BCUT2D eigenvalue weighted by atomic mass is 32.2. The van der Waals surface area contributed by atoms with E-state index in [0.717, 1.165) is 61.4 Å². The number of halogens is 3. The Morgan fingerprint density at radius 2 is 1.98 bits per heavy atom. The minimum atomic E-state index is -4.37. The number of alkyl halides is 3. The van der Waals surface area contributed by atoms with Crippen molar-refractivity contribution in [3.05, 3.63) is 65.9 Å². The van der Waals surface area contributed by atoms with E-state index in [0.29, 0.717) is 24.3 Å². The number of nitrogens with zero attached hydrogens (tertiary/aromatic N) is 2. The van der Waals surface area contributed by atoms with Gasteiger partial charge in [0.2, 0.25) is 0 Å². The van der Waals surface area contributed by atoms with Gasteiger partial charge in [-0.15, -0.1) is 11.8 Å². The molecule has 222 valence electrons. The van der Waals surface area contributed by atoms with Crippen molar-refractivity contribution < 1.29 is 32.9 Å². The second-order valence-electron chi connectivity index (χ2n) is 10.6. The van der Waals surface area contributed by atoms with Gasteiger partial charge in [-0.25, -0.2) is 0 Å². The standard InChI is InChI=1S/C31H37F3N2O4S/c1-40-23-9-10-27-25(19-23)24(13-15-35-27)28(37)11-7-21-14-17-36(20-22(21)8-12-30(38)39)16-4-18-41-29-6-3-2-5-26(29)31(32,33)34/h2-3,5-6,9-10,13,15,19,21-22,28,37H,4,7-8,11-12,14,16-18,20H2,1H3,(H,38,39)/t21-,22+,28?/m1/s1. The van der Waals surface area contributed by atoms with E-state index in [9.17, 15) is 28.2 Å². The lowest BCUT2D eigenvalue weighted by atomic mass is 9.79. The third-order valence-electron chi connectivity index (χ3n) is 7.93. The van der Waals surface area contributed by atoms with Crippen LogP contribution in [-0.4, -0.2) is 58.6 Å². The molecule has 41 heavy (non-hydrogen) atoms. The van der Waals surface area contributed by atoms with E-state index >= 15 is 0 Å². The normalized spacial score (nSPS) is 18.9. The molecule has 0 spiro atoms. The maximum atomic E-state index is 13.3. The van der Waals surface area contributed by atoms with Crippen LogP contribution in [0.5, 0.6) is 5.75 Å². The molecule has 3 atom stereocenters. The van der Waals surface area contributed by atoms with Gasteiger partial charge in [-0.2, -0.15) is 13.2 Å². The number of fused-ring (bicyclic) bond motifs is 1. The Bertz CT molecular complexity index is 1310. The average Bonchev–Trinajstić information content (AvgIpc) is 2.96. The first-order valence-corrected chi connectivity index (χ1v) is 15.0. The van der Waals surface area contributed by atoms with Crippen LogP contribution in [0, 0.1) is 11.8 Å². The molecule has 1 aromatic heterocycles. The van der Waals surface area contributed by atoms with Gasteiger partial charge in [-0.1, -0.05) is 12.1 Å². The maximum absolute atomic E-state index is 13.3. The first-order chi connectivity index (χ1) is 19.7. The predicted octanol–water partition coefficient (Wildman–Crippen LogP) is 7.06. The zero-order valence-electron chi connectivity index (χ0n) is 23.1. The molecule has 1 aliphatic heterocycles. The predicted molar refractivity (Wildman–Crippen MR) is 154 cm³/mol. The van der Waals surface area contributed by atoms with E-state index in [-0.39, 0.29) is 23.2 Å². The number of benzene rings is 2. The van der Waals surface area contributed by atoms with Crippen molar-refractivity contribution in [3.63, 3.8) is 0 Å². The number of aromatic nitrogens is 1. The second-order valence-corrected chi connectivity index (χ2v) is 11.8. The maximum Gasteiger partial charge on any atom is 0.417 e. The van der Waals surface area contributed by atoms with Gasteiger partial charge in [0.25, 0.3) is 0 Å². The summed E-state index contributed by atoms with van der Waals surface area (Å²) in [4.78, 5) is 18.3. The summed E-state index contributed by atoms with van der Waals surface area (Å²) >= 11 is 1.23. The Kier molecular flexibility index (Phi) is 10.9. The number of thioether (sulfide) groups is 1. The van der Waals surface area contributed by atoms with Crippen LogP contribution in [0.3, 0.4) is 0 Å². The molecule has 10 heteroatoms. The smallest absolute Gasteiger partial charge is 0.417 e. The number of ether oxygens (including phenoxy) is 1. The van der Waals surface area contributed by atoms with Crippen molar-refractivity contribution in [2.75, 3.05) is 32.5 Å². The summed E-state index contributed by atoms with van der Waals surface area (Å²) in [5, 5.41) is 21.3. The number of carboxylic acid groups (broad SMARTS) is 1. The number of hydrogen-bond acceptors (Lipinski definition) is 6. The van der Waals surface area contributed by atoms with Gasteiger partial charge in [0, 0.05) is 29.4 Å². The summed E-state index contributed by atoms with van der Waals surface area (Å²) in [6.45, 7) is 2.36. The summed E-state index contributed by atoms with van der Waals surface area (Å²) in [5.74, 6) is 0.917. The van der Waals surface area contributed by atoms with Crippen molar-refractivity contribution in [1.82, 2.24) is 9.88 Å². The summed E-state index contributed by atoms with van der Waals surface area (Å²) in [5.41, 5.74) is 0.994. The Morgan fingerprint density at radius 3 is 2.73 bits per heavy atom. The highest BCUT2D eigenvalue weighted by Crippen LogP contribution is 2.38.